The molecule has 0 amide bonds. The molecule has 0 fully saturated rings. The van der Waals surface area contributed by atoms with E-state index in [4.69, 9.17) is 10.8 Å². The Kier molecular flexibility index (Phi) is 4.65. The van der Waals surface area contributed by atoms with E-state index in [1.807, 2.05) is 24.5 Å². The van der Waals surface area contributed by atoms with Gasteiger partial charge in [-0.05, 0) is 56.5 Å². The number of nitrogens with two attached hydrogens (primary N) is 1. The van der Waals surface area contributed by atoms with Gasteiger partial charge in [-0.15, -0.1) is 0 Å². The number of carboxylic acid groups (broad SMARTS) is 1. The molecule has 1 aromatic heterocycles. The summed E-state index contributed by atoms with van der Waals surface area (Å²) in [7, 11) is 0. The highest BCUT2D eigenvalue weighted by atomic mass is 16.4. The number of nitrogens with zero attached hydrogens (tertiary/aromatic N) is 1. The predicted octanol–water partition coefficient (Wildman–Crippen LogP) is 1.84. The van der Waals surface area contributed by atoms with Crippen LogP contribution in [0.2, 0.25) is 0 Å². The van der Waals surface area contributed by atoms with Gasteiger partial charge in [0.05, 0.1) is 11.1 Å². The van der Waals surface area contributed by atoms with Gasteiger partial charge in [0.2, 0.25) is 0 Å². The predicted molar refractivity (Wildman–Crippen MR) is 82.8 cm³/mol. The zero-order valence-electron chi connectivity index (χ0n) is 12.5. The molecule has 0 spiro atoms. The number of aliphatic hydroxyl groups is 1. The first-order valence-electron chi connectivity index (χ1n) is 7.17. The molecule has 2 aromatic rings. The number of aromatic nitrogens is 1. The molecular formula is C16H22N2O3. The minimum atomic E-state index is -0.925. The summed E-state index contributed by atoms with van der Waals surface area (Å²) in [6.07, 6.45) is 1.32. The topological polar surface area (TPSA) is 88.5 Å². The van der Waals surface area contributed by atoms with E-state index in [0.717, 1.165) is 34.1 Å². The van der Waals surface area contributed by atoms with Gasteiger partial charge in [0.25, 0.3) is 0 Å². The van der Waals surface area contributed by atoms with Crippen molar-refractivity contribution in [2.45, 2.75) is 33.2 Å². The zero-order chi connectivity index (χ0) is 15.6. The largest absolute Gasteiger partial charge is 0.478 e. The highest BCUT2D eigenvalue weighted by molar-refractivity contribution is 6.04. The number of carboxylic acids is 1. The lowest BCUT2D eigenvalue weighted by atomic mass is 10.0. The van der Waals surface area contributed by atoms with E-state index in [9.17, 15) is 9.90 Å². The van der Waals surface area contributed by atoms with E-state index in [0.29, 0.717) is 25.1 Å². The Morgan fingerprint density at radius 2 is 2.05 bits per heavy atom. The third-order valence-corrected chi connectivity index (χ3v) is 3.86. The molecule has 0 aliphatic heterocycles. The van der Waals surface area contributed by atoms with Crippen LogP contribution in [-0.4, -0.2) is 33.9 Å². The van der Waals surface area contributed by atoms with E-state index in [1.54, 1.807) is 6.07 Å². The van der Waals surface area contributed by atoms with Gasteiger partial charge in [-0.25, -0.2) is 4.79 Å². The maximum absolute atomic E-state index is 11.6. The quantitative estimate of drug-likeness (QED) is 0.757. The molecule has 0 radical (unpaired) electrons. The fourth-order valence-corrected chi connectivity index (χ4v) is 2.96. The number of aromatic carboxylic acids is 1. The Labute approximate surface area is 124 Å². The monoisotopic (exact) mass is 290 g/mol. The van der Waals surface area contributed by atoms with Crippen LogP contribution in [0.3, 0.4) is 0 Å². The molecule has 1 aromatic carbocycles. The Morgan fingerprint density at radius 3 is 2.62 bits per heavy atom. The molecule has 5 heteroatoms. The summed E-state index contributed by atoms with van der Waals surface area (Å²) in [6.45, 7) is 5.10. The molecule has 5 nitrogen and oxygen atoms in total. The van der Waals surface area contributed by atoms with Crippen molar-refractivity contribution in [2.75, 3.05) is 13.2 Å². The molecular weight excluding hydrogens is 268 g/mol. The number of aryl methyl sites for hydroxylation is 2. The van der Waals surface area contributed by atoms with Crippen LogP contribution in [0, 0.1) is 13.8 Å². The SMILES string of the molecule is Cc1cc(C(=O)O)c2c(c1)c(CCN)c(C)n2CCCO. The summed E-state index contributed by atoms with van der Waals surface area (Å²) >= 11 is 0. The van der Waals surface area contributed by atoms with Crippen LogP contribution >= 0.6 is 0 Å². The number of hydrogen-bond acceptors (Lipinski definition) is 3. The van der Waals surface area contributed by atoms with Crippen molar-refractivity contribution >= 4 is 16.9 Å². The van der Waals surface area contributed by atoms with Crippen molar-refractivity contribution < 1.29 is 15.0 Å². The molecule has 0 saturated carbocycles. The lowest BCUT2D eigenvalue weighted by molar-refractivity contribution is 0.0698. The van der Waals surface area contributed by atoms with Gasteiger partial charge in [0.15, 0.2) is 0 Å². The molecule has 114 valence electrons. The Morgan fingerprint density at radius 1 is 1.33 bits per heavy atom. The molecule has 1 heterocycles. The van der Waals surface area contributed by atoms with Gasteiger partial charge in [-0.3, -0.25) is 0 Å². The van der Waals surface area contributed by atoms with Gasteiger partial charge in [-0.2, -0.15) is 0 Å². The van der Waals surface area contributed by atoms with Crippen LogP contribution < -0.4 is 5.73 Å². The molecule has 21 heavy (non-hydrogen) atoms. The first kappa shape index (κ1) is 15.5. The summed E-state index contributed by atoms with van der Waals surface area (Å²) < 4.78 is 2.00. The molecule has 0 aliphatic carbocycles. The average Bonchev–Trinajstić information content (AvgIpc) is 2.69. The van der Waals surface area contributed by atoms with Crippen LogP contribution in [0.15, 0.2) is 12.1 Å². The Balaban J connectivity index is 2.80. The van der Waals surface area contributed by atoms with Crippen molar-refractivity contribution in [2.24, 2.45) is 5.73 Å². The zero-order valence-corrected chi connectivity index (χ0v) is 12.5. The fraction of sp³-hybridized carbons (Fsp3) is 0.438. The minimum absolute atomic E-state index is 0.0829. The summed E-state index contributed by atoms with van der Waals surface area (Å²) in [5.74, 6) is -0.925. The second kappa shape index (κ2) is 6.28. The van der Waals surface area contributed by atoms with Gasteiger partial charge in [-0.1, -0.05) is 0 Å². The third-order valence-electron chi connectivity index (χ3n) is 3.86. The van der Waals surface area contributed by atoms with Crippen LogP contribution in [0.1, 0.15) is 33.6 Å². The van der Waals surface area contributed by atoms with Gasteiger partial charge < -0.3 is 20.5 Å². The molecule has 0 aliphatic rings. The van der Waals surface area contributed by atoms with Crippen LogP contribution in [-0.2, 0) is 13.0 Å². The second-order valence-electron chi connectivity index (χ2n) is 5.35. The van der Waals surface area contributed by atoms with E-state index >= 15 is 0 Å². The third kappa shape index (κ3) is 2.80. The van der Waals surface area contributed by atoms with Crippen molar-refractivity contribution in [1.82, 2.24) is 4.57 Å². The van der Waals surface area contributed by atoms with Crippen molar-refractivity contribution in [1.29, 1.82) is 0 Å². The normalized spacial score (nSPS) is 11.2. The van der Waals surface area contributed by atoms with Crippen molar-refractivity contribution in [3.05, 3.63) is 34.5 Å². The molecule has 2 rings (SSSR count). The van der Waals surface area contributed by atoms with Crippen molar-refractivity contribution in [3.63, 3.8) is 0 Å². The molecule has 4 N–H and O–H groups in total. The van der Waals surface area contributed by atoms with Crippen molar-refractivity contribution in [3.8, 4) is 0 Å². The number of aliphatic hydroxyl groups excluding tert-OH is 1. The Bertz CT molecular complexity index is 674. The highest BCUT2D eigenvalue weighted by Crippen LogP contribution is 2.30. The first-order valence-corrected chi connectivity index (χ1v) is 7.17. The standard InChI is InChI=1S/C16H22N2O3/c1-10-8-13-12(4-5-17)11(2)18(6-3-7-19)15(13)14(9-10)16(20)21/h8-9,19H,3-7,17H2,1-2H3,(H,20,21). The number of rotatable bonds is 6. The lowest BCUT2D eigenvalue weighted by Gasteiger charge is -2.09. The van der Waals surface area contributed by atoms with Gasteiger partial charge in [0, 0.05) is 24.2 Å². The van der Waals surface area contributed by atoms with Gasteiger partial charge in [0.1, 0.15) is 0 Å². The van der Waals surface area contributed by atoms with Gasteiger partial charge >= 0.3 is 5.97 Å². The fourth-order valence-electron chi connectivity index (χ4n) is 2.96. The maximum atomic E-state index is 11.6. The maximum Gasteiger partial charge on any atom is 0.337 e. The lowest BCUT2D eigenvalue weighted by Crippen LogP contribution is -2.07. The minimum Gasteiger partial charge on any atom is -0.478 e. The van der Waals surface area contributed by atoms with Crippen LogP contribution in [0.5, 0.6) is 0 Å². The first-order chi connectivity index (χ1) is 10.0. The summed E-state index contributed by atoms with van der Waals surface area (Å²) in [5, 5.41) is 19.5. The summed E-state index contributed by atoms with van der Waals surface area (Å²) in [4.78, 5) is 11.6. The number of benzene rings is 1. The summed E-state index contributed by atoms with van der Waals surface area (Å²) in [6, 6.07) is 3.72. The second-order valence-corrected chi connectivity index (χ2v) is 5.35. The molecule has 0 atom stereocenters. The number of fused-ring (bicyclic) bond motifs is 1. The average molecular weight is 290 g/mol. The molecule has 0 bridgehead atoms. The number of hydrogen-bond donors (Lipinski definition) is 3. The van der Waals surface area contributed by atoms with E-state index < -0.39 is 5.97 Å². The Hall–Kier alpha value is -1.85. The van der Waals surface area contributed by atoms with Crippen LogP contribution in [0.25, 0.3) is 10.9 Å². The smallest absolute Gasteiger partial charge is 0.337 e. The number of carbonyl (C=O) groups is 1. The molecule has 0 saturated heterocycles. The molecule has 0 unspecified atom stereocenters. The van der Waals surface area contributed by atoms with Crippen LogP contribution in [0.4, 0.5) is 0 Å². The summed E-state index contributed by atoms with van der Waals surface area (Å²) in [5.41, 5.74) is 9.83. The van der Waals surface area contributed by atoms with E-state index in [-0.39, 0.29) is 6.61 Å². The van der Waals surface area contributed by atoms with E-state index in [2.05, 4.69) is 0 Å². The highest BCUT2D eigenvalue weighted by Gasteiger charge is 2.19. The van der Waals surface area contributed by atoms with E-state index in [1.165, 1.54) is 0 Å².